The largest absolute Gasteiger partial charge is 0.338 e. The number of carbonyl (C=O) groups excluding carboxylic acids is 2. The minimum atomic E-state index is -0.369. The molecule has 0 aliphatic carbocycles. The number of nitrogens with one attached hydrogen (secondary N) is 1. The van der Waals surface area contributed by atoms with Crippen LogP contribution in [0.4, 0.5) is 4.79 Å². The lowest BCUT2D eigenvalue weighted by atomic mass is 9.62. The van der Waals surface area contributed by atoms with Crippen LogP contribution in [-0.4, -0.2) is 47.4 Å². The molecule has 2 saturated heterocycles. The van der Waals surface area contributed by atoms with E-state index in [0.29, 0.717) is 19.6 Å². The number of hydrogen-bond donors (Lipinski definition) is 1. The van der Waals surface area contributed by atoms with Crippen LogP contribution in [-0.2, 0) is 11.2 Å². The molecule has 2 aliphatic heterocycles. The maximum atomic E-state index is 13.2. The van der Waals surface area contributed by atoms with Gasteiger partial charge >= 0.3 is 6.03 Å². The first kappa shape index (κ1) is 20.5. The number of urea groups is 1. The zero-order valence-corrected chi connectivity index (χ0v) is 17.9. The van der Waals surface area contributed by atoms with E-state index in [1.807, 2.05) is 46.2 Å². The molecule has 1 unspecified atom stereocenters. The summed E-state index contributed by atoms with van der Waals surface area (Å²) in [5.74, 6) is 0.246. The van der Waals surface area contributed by atoms with Gasteiger partial charge in [0, 0.05) is 25.7 Å². The van der Waals surface area contributed by atoms with Crippen molar-refractivity contribution in [1.29, 1.82) is 0 Å². The zero-order valence-electron chi connectivity index (χ0n) is 17.9. The molecule has 2 aromatic carbocycles. The second-order valence-corrected chi connectivity index (χ2v) is 8.73. The maximum absolute atomic E-state index is 13.2. The van der Waals surface area contributed by atoms with Crippen LogP contribution in [0, 0.1) is 5.41 Å². The first-order valence-electron chi connectivity index (χ1n) is 11.0. The summed E-state index contributed by atoms with van der Waals surface area (Å²) >= 11 is 0. The van der Waals surface area contributed by atoms with Gasteiger partial charge in [-0.15, -0.1) is 0 Å². The molecule has 2 aromatic rings. The van der Waals surface area contributed by atoms with Gasteiger partial charge in [-0.2, -0.15) is 0 Å². The quantitative estimate of drug-likeness (QED) is 0.764. The van der Waals surface area contributed by atoms with Crippen LogP contribution in [0.3, 0.4) is 0 Å². The highest BCUT2D eigenvalue weighted by Crippen LogP contribution is 2.56. The van der Waals surface area contributed by atoms with Gasteiger partial charge in [0.15, 0.2) is 0 Å². The number of β-lactam (4-membered cyclic amide) rings is 1. The molecular formula is C25H31N3O2. The number of piperidine rings is 1. The monoisotopic (exact) mass is 405 g/mol. The summed E-state index contributed by atoms with van der Waals surface area (Å²) in [6, 6.07) is 20.8. The first-order chi connectivity index (χ1) is 14.5. The van der Waals surface area contributed by atoms with Crippen LogP contribution >= 0.6 is 0 Å². The van der Waals surface area contributed by atoms with Gasteiger partial charge < -0.3 is 15.1 Å². The zero-order chi connectivity index (χ0) is 21.1. The van der Waals surface area contributed by atoms with Gasteiger partial charge in [-0.1, -0.05) is 60.7 Å². The van der Waals surface area contributed by atoms with Crippen molar-refractivity contribution in [2.24, 2.45) is 5.41 Å². The summed E-state index contributed by atoms with van der Waals surface area (Å²) in [5.41, 5.74) is 2.05. The van der Waals surface area contributed by atoms with Crippen molar-refractivity contribution in [3.63, 3.8) is 0 Å². The standard InChI is InChI=1S/C25H31N3O2/c1-19(2)28-22(21-11-7-4-8-12-21)25(23(28)29)14-17-27(18-15-25)24(30)26-16-13-20-9-5-3-6-10-20/h3-12,19,22H,13-18H2,1-2H3,(H,26,30). The second-order valence-electron chi connectivity index (χ2n) is 8.73. The summed E-state index contributed by atoms with van der Waals surface area (Å²) in [5, 5.41) is 3.04. The predicted molar refractivity (Wildman–Crippen MR) is 118 cm³/mol. The van der Waals surface area contributed by atoms with E-state index in [0.717, 1.165) is 19.3 Å². The van der Waals surface area contributed by atoms with Gasteiger partial charge in [-0.3, -0.25) is 4.79 Å². The Morgan fingerprint density at radius 3 is 2.23 bits per heavy atom. The third-order valence-corrected chi connectivity index (χ3v) is 6.61. The molecule has 0 aromatic heterocycles. The van der Waals surface area contributed by atoms with Crippen LogP contribution in [0.5, 0.6) is 0 Å². The number of likely N-dealkylation sites (tertiary alicyclic amines) is 2. The first-order valence-corrected chi connectivity index (χ1v) is 11.0. The average Bonchev–Trinajstić information content (AvgIpc) is 2.78. The Kier molecular flexibility index (Phi) is 5.80. The normalized spacial score (nSPS) is 20.4. The second kappa shape index (κ2) is 8.50. The third kappa shape index (κ3) is 3.69. The molecule has 5 heteroatoms. The van der Waals surface area contributed by atoms with Gasteiger partial charge in [-0.25, -0.2) is 4.79 Å². The van der Waals surface area contributed by atoms with Crippen molar-refractivity contribution in [3.8, 4) is 0 Å². The highest BCUT2D eigenvalue weighted by Gasteiger charge is 2.62. The molecule has 1 spiro atoms. The fourth-order valence-electron chi connectivity index (χ4n) is 5.01. The Hall–Kier alpha value is -2.82. The number of benzene rings is 2. The van der Waals surface area contributed by atoms with Crippen LogP contribution in [0.15, 0.2) is 60.7 Å². The Labute approximate surface area is 179 Å². The highest BCUT2D eigenvalue weighted by atomic mass is 16.2. The number of rotatable bonds is 5. The Balaban J connectivity index is 1.37. The van der Waals surface area contributed by atoms with Crippen molar-refractivity contribution < 1.29 is 9.59 Å². The molecule has 2 fully saturated rings. The SMILES string of the molecule is CC(C)N1C(=O)C2(CCN(C(=O)NCCc3ccccc3)CC2)C1c1ccccc1. The third-order valence-electron chi connectivity index (χ3n) is 6.61. The number of carbonyl (C=O) groups is 2. The van der Waals surface area contributed by atoms with E-state index in [1.54, 1.807) is 0 Å². The van der Waals surface area contributed by atoms with E-state index in [1.165, 1.54) is 11.1 Å². The average molecular weight is 406 g/mol. The smallest absolute Gasteiger partial charge is 0.317 e. The van der Waals surface area contributed by atoms with Crippen LogP contribution in [0.25, 0.3) is 0 Å². The van der Waals surface area contributed by atoms with Crippen LogP contribution in [0.1, 0.15) is 43.9 Å². The van der Waals surface area contributed by atoms with E-state index in [9.17, 15) is 9.59 Å². The van der Waals surface area contributed by atoms with Crippen molar-refractivity contribution in [1.82, 2.24) is 15.1 Å². The van der Waals surface area contributed by atoms with E-state index in [4.69, 9.17) is 0 Å². The van der Waals surface area contributed by atoms with Gasteiger partial charge in [0.1, 0.15) is 0 Å². The molecule has 0 bridgehead atoms. The molecule has 0 saturated carbocycles. The van der Waals surface area contributed by atoms with Gasteiger partial charge in [0.25, 0.3) is 0 Å². The van der Waals surface area contributed by atoms with E-state index < -0.39 is 0 Å². The summed E-state index contributed by atoms with van der Waals surface area (Å²) in [6.45, 7) is 6.03. The fraction of sp³-hybridized carbons (Fsp3) is 0.440. The Morgan fingerprint density at radius 2 is 1.63 bits per heavy atom. The molecule has 2 heterocycles. The van der Waals surface area contributed by atoms with Crippen molar-refractivity contribution in [2.45, 2.75) is 45.2 Å². The molecule has 3 amide bonds. The van der Waals surface area contributed by atoms with Crippen molar-refractivity contribution >= 4 is 11.9 Å². The summed E-state index contributed by atoms with van der Waals surface area (Å²) in [7, 11) is 0. The fourth-order valence-corrected chi connectivity index (χ4v) is 5.01. The molecule has 30 heavy (non-hydrogen) atoms. The molecule has 0 radical (unpaired) electrons. The summed E-state index contributed by atoms with van der Waals surface area (Å²) in [4.78, 5) is 29.7. The Bertz CT molecular complexity index is 874. The minimum Gasteiger partial charge on any atom is -0.338 e. The predicted octanol–water partition coefficient (Wildman–Crippen LogP) is 4.01. The molecular weight excluding hydrogens is 374 g/mol. The minimum absolute atomic E-state index is 0.0236. The van der Waals surface area contributed by atoms with Crippen LogP contribution in [0.2, 0.25) is 0 Å². The lowest BCUT2D eigenvalue weighted by Gasteiger charge is -2.60. The Morgan fingerprint density at radius 1 is 1.03 bits per heavy atom. The van der Waals surface area contributed by atoms with Gasteiger partial charge in [-0.05, 0) is 44.2 Å². The maximum Gasteiger partial charge on any atom is 0.317 e. The van der Waals surface area contributed by atoms with Crippen molar-refractivity contribution in [2.75, 3.05) is 19.6 Å². The summed E-state index contributed by atoms with van der Waals surface area (Å²) < 4.78 is 0. The van der Waals surface area contributed by atoms with E-state index in [2.05, 4.69) is 43.4 Å². The van der Waals surface area contributed by atoms with Crippen LogP contribution < -0.4 is 5.32 Å². The highest BCUT2D eigenvalue weighted by molar-refractivity contribution is 5.91. The van der Waals surface area contributed by atoms with E-state index >= 15 is 0 Å². The molecule has 5 nitrogen and oxygen atoms in total. The molecule has 2 aliphatic rings. The molecule has 1 atom stereocenters. The number of amides is 3. The van der Waals surface area contributed by atoms with Gasteiger partial charge in [0.2, 0.25) is 5.91 Å². The van der Waals surface area contributed by atoms with Crippen molar-refractivity contribution in [3.05, 3.63) is 71.8 Å². The molecule has 158 valence electrons. The topological polar surface area (TPSA) is 52.7 Å². The lowest BCUT2D eigenvalue weighted by Crippen LogP contribution is -2.68. The number of hydrogen-bond acceptors (Lipinski definition) is 2. The van der Waals surface area contributed by atoms with E-state index in [-0.39, 0.29) is 29.4 Å². The molecule has 4 rings (SSSR count). The van der Waals surface area contributed by atoms with Gasteiger partial charge in [0.05, 0.1) is 11.5 Å². The lowest BCUT2D eigenvalue weighted by molar-refractivity contribution is -0.184. The molecule has 1 N–H and O–H groups in total. The number of nitrogens with zero attached hydrogens (tertiary/aromatic N) is 2. The summed E-state index contributed by atoms with van der Waals surface area (Å²) in [6.07, 6.45) is 2.27.